The number of nitrogens with zero attached hydrogens (tertiary/aromatic N) is 3. The molecule has 0 bridgehead atoms. The van der Waals surface area contributed by atoms with Gasteiger partial charge in [0.1, 0.15) is 29.2 Å². The van der Waals surface area contributed by atoms with Crippen molar-refractivity contribution in [3.8, 4) is 0 Å². The van der Waals surface area contributed by atoms with Gasteiger partial charge in [-0.15, -0.1) is 0 Å². The van der Waals surface area contributed by atoms with Crippen molar-refractivity contribution in [2.45, 2.75) is 65.5 Å². The minimum Gasteiger partial charge on any atom is -0.469 e. The van der Waals surface area contributed by atoms with Crippen LogP contribution in [0.3, 0.4) is 0 Å². The fourth-order valence-electron chi connectivity index (χ4n) is 6.53. The number of furan rings is 1. The average molecular weight is 650 g/mol. The number of carbonyl (C=O) groups is 4. The van der Waals surface area contributed by atoms with E-state index in [-0.39, 0.29) is 23.6 Å². The Hall–Kier alpha value is -5.45. The smallest absolute Gasteiger partial charge is 0.260 e. The summed E-state index contributed by atoms with van der Waals surface area (Å²) in [5.41, 5.74) is 5.43. The van der Waals surface area contributed by atoms with Gasteiger partial charge in [0.15, 0.2) is 0 Å². The van der Waals surface area contributed by atoms with Crippen molar-refractivity contribution in [3.63, 3.8) is 0 Å². The third-order valence-corrected chi connectivity index (χ3v) is 9.08. The molecule has 2 saturated heterocycles. The Labute approximate surface area is 278 Å². The zero-order valence-corrected chi connectivity index (χ0v) is 27.5. The third kappa shape index (κ3) is 6.67. The Balaban J connectivity index is 1.02. The first-order valence-corrected chi connectivity index (χ1v) is 16.2. The van der Waals surface area contributed by atoms with Crippen molar-refractivity contribution in [2.75, 3.05) is 23.7 Å². The molecule has 2 aliphatic heterocycles. The molecule has 0 aliphatic carbocycles. The van der Waals surface area contributed by atoms with Gasteiger partial charge < -0.3 is 29.4 Å². The van der Waals surface area contributed by atoms with Crippen LogP contribution in [-0.4, -0.2) is 63.8 Å². The molecular weight excluding hydrogens is 610 g/mol. The summed E-state index contributed by atoms with van der Waals surface area (Å²) >= 11 is 0. The highest BCUT2D eigenvalue weighted by Crippen LogP contribution is 2.27. The number of benzene rings is 2. The van der Waals surface area contributed by atoms with E-state index in [4.69, 9.17) is 8.94 Å². The lowest BCUT2D eigenvalue weighted by atomic mass is 10.1. The van der Waals surface area contributed by atoms with Gasteiger partial charge in [0.05, 0.1) is 17.5 Å². The van der Waals surface area contributed by atoms with E-state index in [0.717, 1.165) is 29.5 Å². The van der Waals surface area contributed by atoms with Crippen LogP contribution < -0.4 is 10.6 Å². The van der Waals surface area contributed by atoms with Crippen molar-refractivity contribution in [3.05, 3.63) is 99.8 Å². The Morgan fingerprint density at radius 3 is 1.60 bits per heavy atom. The first kappa shape index (κ1) is 32.5. The van der Waals surface area contributed by atoms with Crippen LogP contribution in [0.4, 0.5) is 11.4 Å². The molecule has 48 heavy (non-hydrogen) atoms. The molecule has 4 aromatic rings. The lowest BCUT2D eigenvalue weighted by Crippen LogP contribution is -2.43. The van der Waals surface area contributed by atoms with Crippen molar-refractivity contribution in [1.82, 2.24) is 15.0 Å². The fourth-order valence-corrected chi connectivity index (χ4v) is 6.53. The molecule has 2 N–H and O–H groups in total. The summed E-state index contributed by atoms with van der Waals surface area (Å²) in [4.78, 5) is 55.9. The van der Waals surface area contributed by atoms with Crippen LogP contribution in [0.15, 0.2) is 63.7 Å². The second-order valence-corrected chi connectivity index (χ2v) is 12.4. The highest BCUT2D eigenvalue weighted by molar-refractivity contribution is 6.03. The van der Waals surface area contributed by atoms with Gasteiger partial charge >= 0.3 is 0 Å². The number of carbonyl (C=O) groups excluding carboxylic acids is 4. The van der Waals surface area contributed by atoms with E-state index in [0.29, 0.717) is 65.6 Å². The third-order valence-electron chi connectivity index (χ3n) is 9.08. The highest BCUT2D eigenvalue weighted by Gasteiger charge is 2.37. The Morgan fingerprint density at radius 2 is 1.19 bits per heavy atom. The quantitative estimate of drug-likeness (QED) is 0.218. The standard InChI is InChI=1S/C37H39N5O6/c1-22-21-47-24(3)32(22)36(45)41-19-5-7-30(41)34(43)38-28-15-11-26(12-16-28)9-10-27-13-17-29(18-14-27)39-35(44)31-8-6-20-42(31)37(46)33-23(2)40-48-25(33)4/h9-18,21,30-31H,5-8,19-20H2,1-4H3,(H,38,43)(H,39,44)/b10-9+/t30-,31-/m0/s1. The number of aryl methyl sites for hydroxylation is 4. The van der Waals surface area contributed by atoms with Crippen LogP contribution >= 0.6 is 0 Å². The molecule has 248 valence electrons. The van der Waals surface area contributed by atoms with Crippen molar-refractivity contribution >= 4 is 47.2 Å². The molecule has 2 aliphatic rings. The first-order chi connectivity index (χ1) is 23.1. The normalized spacial score (nSPS) is 17.7. The molecule has 2 aromatic carbocycles. The Morgan fingerprint density at radius 1 is 0.708 bits per heavy atom. The van der Waals surface area contributed by atoms with E-state index in [2.05, 4.69) is 15.8 Å². The summed E-state index contributed by atoms with van der Waals surface area (Å²) in [5.74, 6) is 0.177. The number of nitrogens with one attached hydrogen (secondary N) is 2. The molecule has 2 aromatic heterocycles. The Kier molecular flexibility index (Phi) is 9.29. The lowest BCUT2D eigenvalue weighted by Gasteiger charge is -2.24. The summed E-state index contributed by atoms with van der Waals surface area (Å²) in [6.07, 6.45) is 8.20. The van der Waals surface area contributed by atoms with Gasteiger partial charge in [-0.25, -0.2) is 0 Å². The Bertz CT molecular complexity index is 1700. The maximum atomic E-state index is 13.2. The van der Waals surface area contributed by atoms with Crippen LogP contribution in [-0.2, 0) is 9.59 Å². The number of hydrogen-bond acceptors (Lipinski definition) is 7. The molecule has 0 saturated carbocycles. The topological polar surface area (TPSA) is 138 Å². The van der Waals surface area contributed by atoms with Crippen LogP contribution in [0.1, 0.15) is 80.3 Å². The SMILES string of the molecule is Cc1coc(C)c1C(=O)N1CCC[C@H]1C(=O)Nc1ccc(/C=C/c2ccc(NC(=O)[C@@H]3CCCN3C(=O)c3c(C)noc3C)cc2)cc1. The predicted octanol–water partition coefficient (Wildman–Crippen LogP) is 6.16. The highest BCUT2D eigenvalue weighted by atomic mass is 16.5. The van der Waals surface area contributed by atoms with Crippen LogP contribution in [0.5, 0.6) is 0 Å². The van der Waals surface area contributed by atoms with Gasteiger partial charge in [-0.05, 0) is 88.8 Å². The van der Waals surface area contributed by atoms with Crippen molar-refractivity contribution in [1.29, 1.82) is 0 Å². The number of rotatable bonds is 8. The monoisotopic (exact) mass is 649 g/mol. The van der Waals surface area contributed by atoms with Crippen LogP contribution in [0.2, 0.25) is 0 Å². The van der Waals surface area contributed by atoms with Crippen molar-refractivity contribution in [2.24, 2.45) is 0 Å². The minimum absolute atomic E-state index is 0.172. The molecule has 0 radical (unpaired) electrons. The molecule has 0 spiro atoms. The molecule has 2 fully saturated rings. The van der Waals surface area contributed by atoms with E-state index >= 15 is 0 Å². The van der Waals surface area contributed by atoms with E-state index in [1.54, 1.807) is 36.8 Å². The summed E-state index contributed by atoms with van der Waals surface area (Å²) in [6.45, 7) is 8.05. The van der Waals surface area contributed by atoms with E-state index in [1.165, 1.54) is 0 Å². The van der Waals surface area contributed by atoms with Gasteiger partial charge in [-0.1, -0.05) is 41.6 Å². The molecule has 2 atom stereocenters. The molecule has 4 amide bonds. The van der Waals surface area contributed by atoms with Gasteiger partial charge in [0.25, 0.3) is 11.8 Å². The number of hydrogen-bond donors (Lipinski definition) is 2. The zero-order valence-electron chi connectivity index (χ0n) is 27.5. The van der Waals surface area contributed by atoms with Gasteiger partial charge in [-0.3, -0.25) is 19.2 Å². The van der Waals surface area contributed by atoms with Crippen molar-refractivity contribution < 1.29 is 28.1 Å². The maximum Gasteiger partial charge on any atom is 0.260 e. The first-order valence-electron chi connectivity index (χ1n) is 16.2. The zero-order chi connectivity index (χ0) is 33.9. The maximum absolute atomic E-state index is 13.2. The number of likely N-dealkylation sites (tertiary alicyclic amines) is 2. The van der Waals surface area contributed by atoms with E-state index in [1.807, 2.05) is 67.6 Å². The molecule has 6 rings (SSSR count). The van der Waals surface area contributed by atoms with E-state index < -0.39 is 12.1 Å². The lowest BCUT2D eigenvalue weighted by molar-refractivity contribution is -0.120. The number of anilines is 2. The second kappa shape index (κ2) is 13.7. The van der Waals surface area contributed by atoms with E-state index in [9.17, 15) is 19.2 Å². The largest absolute Gasteiger partial charge is 0.469 e. The number of amides is 4. The molecular formula is C37H39N5O6. The van der Waals surface area contributed by atoms with Gasteiger partial charge in [0, 0.05) is 30.0 Å². The van der Waals surface area contributed by atoms with Gasteiger partial charge in [0.2, 0.25) is 11.8 Å². The van der Waals surface area contributed by atoms with Gasteiger partial charge in [-0.2, -0.15) is 0 Å². The average Bonchev–Trinajstić information content (AvgIpc) is 3.89. The molecule has 0 unspecified atom stereocenters. The fraction of sp³-hybridized carbons (Fsp3) is 0.324. The molecule has 4 heterocycles. The molecule has 11 nitrogen and oxygen atoms in total. The predicted molar refractivity (Wildman–Crippen MR) is 181 cm³/mol. The summed E-state index contributed by atoms with van der Waals surface area (Å²) in [5, 5.41) is 9.79. The van der Waals surface area contributed by atoms with Crippen LogP contribution in [0.25, 0.3) is 12.2 Å². The minimum atomic E-state index is -0.561. The number of aromatic nitrogens is 1. The molecule has 11 heteroatoms. The summed E-state index contributed by atoms with van der Waals surface area (Å²) in [7, 11) is 0. The second-order valence-electron chi connectivity index (χ2n) is 12.4. The summed E-state index contributed by atoms with van der Waals surface area (Å²) in [6, 6.07) is 13.9. The summed E-state index contributed by atoms with van der Waals surface area (Å²) < 4.78 is 10.6. The van der Waals surface area contributed by atoms with Crippen LogP contribution in [0, 0.1) is 27.7 Å².